The van der Waals surface area contributed by atoms with Crippen LogP contribution >= 0.6 is 7.75 Å². The summed E-state index contributed by atoms with van der Waals surface area (Å²) in [6, 6.07) is 6.23. The number of nitrogens with two attached hydrogens (primary N) is 1. The van der Waals surface area contributed by atoms with Gasteiger partial charge in [0.15, 0.2) is 23.2 Å². The van der Waals surface area contributed by atoms with Gasteiger partial charge in [-0.15, -0.1) is 0 Å². The first-order chi connectivity index (χ1) is 20.1. The number of nitrogens with zero attached hydrogens (tertiary/aromatic N) is 4. The largest absolute Gasteiger partial charge is 0.462 e. The van der Waals surface area contributed by atoms with E-state index in [4.69, 9.17) is 24.3 Å². The number of hydrogen-bond acceptors (Lipinski definition) is 12. The fraction of sp³-hybridized carbons (Fsp3) is 0.500. The van der Waals surface area contributed by atoms with Crippen molar-refractivity contribution < 1.29 is 50.5 Å². The lowest BCUT2D eigenvalue weighted by Gasteiger charge is -2.31. The molecule has 0 unspecified atom stereocenters. The van der Waals surface area contributed by atoms with E-state index < -0.39 is 62.7 Å². The molecule has 0 bridgehead atoms. The molecule has 1 aromatic carbocycles. The maximum absolute atomic E-state index is 16.0. The molecular weight excluding hydrogens is 605 g/mol. The highest BCUT2D eigenvalue weighted by Crippen LogP contribution is 2.53. The summed E-state index contributed by atoms with van der Waals surface area (Å²) in [4.78, 5) is 24.1. The number of imidazole rings is 1. The molecule has 0 spiro atoms. The molecule has 236 valence electrons. The Balaban J connectivity index is 1.65. The SMILES string of the molecule is CNc1nc(N)nc2c1ncn2[C@@H]1O[C@H](CO[P@@](=O)(N[C@H](C)C(=O)OC(C)C)Oc2ccccc2)[C@@H](O)[C@]1(F)C(F)(F)F. The smallest absolute Gasteiger partial charge is 0.459 e. The highest BCUT2D eigenvalue weighted by Gasteiger charge is 2.73. The van der Waals surface area contributed by atoms with Gasteiger partial charge in [-0.1, -0.05) is 18.2 Å². The average molecular weight is 636 g/mol. The number of benzene rings is 1. The quantitative estimate of drug-likeness (QED) is 0.137. The van der Waals surface area contributed by atoms with E-state index in [2.05, 4.69) is 25.4 Å². The molecule has 1 aliphatic rings. The fourth-order valence-corrected chi connectivity index (χ4v) is 5.75. The number of fused-ring (bicyclic) bond motifs is 1. The van der Waals surface area contributed by atoms with Gasteiger partial charge in [-0.05, 0) is 32.9 Å². The van der Waals surface area contributed by atoms with Crippen LogP contribution in [0.3, 0.4) is 0 Å². The zero-order valence-electron chi connectivity index (χ0n) is 23.3. The minimum atomic E-state index is -5.68. The van der Waals surface area contributed by atoms with Gasteiger partial charge in [0.05, 0.1) is 19.0 Å². The van der Waals surface area contributed by atoms with E-state index in [9.17, 15) is 27.6 Å². The number of carbonyl (C=O) groups excluding carboxylic acids is 1. The summed E-state index contributed by atoms with van der Waals surface area (Å²) in [5, 5.41) is 15.7. The summed E-state index contributed by atoms with van der Waals surface area (Å²) < 4.78 is 94.4. The molecule has 3 aromatic rings. The first-order valence-corrected chi connectivity index (χ1v) is 14.4. The number of ether oxygens (including phenoxy) is 2. The summed E-state index contributed by atoms with van der Waals surface area (Å²) in [5.74, 6) is -1.14. The molecule has 43 heavy (non-hydrogen) atoms. The number of hydrogen-bond donors (Lipinski definition) is 4. The van der Waals surface area contributed by atoms with E-state index in [0.717, 1.165) is 6.33 Å². The molecule has 1 aliphatic heterocycles. The van der Waals surface area contributed by atoms with Gasteiger partial charge in [0.2, 0.25) is 5.95 Å². The first-order valence-electron chi connectivity index (χ1n) is 12.8. The van der Waals surface area contributed by atoms with E-state index in [1.54, 1.807) is 19.9 Å². The zero-order chi connectivity index (χ0) is 31.7. The van der Waals surface area contributed by atoms with E-state index in [1.807, 2.05) is 0 Å². The average Bonchev–Trinajstić information content (AvgIpc) is 3.45. The molecule has 0 amide bonds. The van der Waals surface area contributed by atoms with Crippen molar-refractivity contribution in [1.29, 1.82) is 0 Å². The van der Waals surface area contributed by atoms with E-state index in [0.29, 0.717) is 4.57 Å². The second-order valence-corrected chi connectivity index (χ2v) is 11.5. The van der Waals surface area contributed by atoms with Gasteiger partial charge in [-0.25, -0.2) is 13.9 Å². The van der Waals surface area contributed by atoms with Crippen LogP contribution in [-0.2, 0) is 23.4 Å². The second-order valence-electron chi connectivity index (χ2n) is 9.78. The normalized spacial score (nSPS) is 24.6. The molecule has 19 heteroatoms. The van der Waals surface area contributed by atoms with Crippen LogP contribution in [0.5, 0.6) is 5.75 Å². The number of nitrogens with one attached hydrogen (secondary N) is 2. The fourth-order valence-electron chi connectivity index (χ4n) is 4.25. The van der Waals surface area contributed by atoms with Crippen molar-refractivity contribution in [3.63, 3.8) is 0 Å². The summed E-state index contributed by atoms with van der Waals surface area (Å²) in [7, 11) is -3.15. The Hall–Kier alpha value is -3.57. The molecule has 0 aliphatic carbocycles. The van der Waals surface area contributed by atoms with Gasteiger partial charge in [-0.2, -0.15) is 28.2 Å². The van der Waals surface area contributed by atoms with Crippen LogP contribution in [0.2, 0.25) is 0 Å². The van der Waals surface area contributed by atoms with Crippen LogP contribution in [0.15, 0.2) is 36.7 Å². The van der Waals surface area contributed by atoms with Crippen LogP contribution in [0, 0.1) is 0 Å². The van der Waals surface area contributed by atoms with Crippen LogP contribution in [0.25, 0.3) is 11.2 Å². The maximum atomic E-state index is 16.0. The standard InChI is InChI=1S/C24H30F4N7O7P/c1-12(2)40-20(37)13(3)34-43(38,42-14-8-6-5-7-9-14)39-10-15-17(36)23(25,24(26,27)28)21(41-15)35-11-31-16-18(30-4)32-22(29)33-19(16)35/h5-9,11-13,15,17,21,36H,10H2,1-4H3,(H,34,38)(H3,29,30,32,33)/t13-,15-,17-,21-,23-,43+/m1/s1. The zero-order valence-corrected chi connectivity index (χ0v) is 24.2. The minimum Gasteiger partial charge on any atom is -0.462 e. The summed E-state index contributed by atoms with van der Waals surface area (Å²) in [6.45, 7) is 3.39. The number of para-hydroxylation sites is 1. The molecule has 1 fully saturated rings. The Kier molecular flexibility index (Phi) is 9.18. The van der Waals surface area contributed by atoms with Gasteiger partial charge >= 0.3 is 19.9 Å². The molecule has 6 atom stereocenters. The number of aliphatic hydroxyl groups excluding tert-OH is 1. The third-order valence-corrected chi connectivity index (χ3v) is 7.89. The highest BCUT2D eigenvalue weighted by atomic mass is 31.2. The van der Waals surface area contributed by atoms with Crippen molar-refractivity contribution in [2.45, 2.75) is 63.2 Å². The Morgan fingerprint density at radius 2 is 1.93 bits per heavy atom. The Labute approximate surface area is 242 Å². The lowest BCUT2D eigenvalue weighted by molar-refractivity contribution is -0.273. The maximum Gasteiger partial charge on any atom is 0.459 e. The number of nitrogen functional groups attached to an aromatic ring is 1. The van der Waals surface area contributed by atoms with Crippen LogP contribution < -0.4 is 20.7 Å². The Bertz CT molecular complexity index is 1500. The number of anilines is 2. The first kappa shape index (κ1) is 32.3. The lowest BCUT2D eigenvalue weighted by Crippen LogP contribution is -2.54. The monoisotopic (exact) mass is 635 g/mol. The number of carbonyl (C=O) groups is 1. The number of aromatic nitrogens is 4. The predicted molar refractivity (Wildman–Crippen MR) is 144 cm³/mol. The van der Waals surface area contributed by atoms with E-state index >= 15 is 4.39 Å². The molecule has 4 rings (SSSR count). The minimum absolute atomic E-state index is 0.00570. The molecule has 2 aromatic heterocycles. The number of rotatable bonds is 11. The Morgan fingerprint density at radius 1 is 1.26 bits per heavy atom. The molecule has 14 nitrogen and oxygen atoms in total. The molecular formula is C24H30F4N7O7P. The van der Waals surface area contributed by atoms with Crippen molar-refractivity contribution in [3.8, 4) is 5.75 Å². The van der Waals surface area contributed by atoms with Crippen LogP contribution in [0.1, 0.15) is 27.0 Å². The van der Waals surface area contributed by atoms with Crippen molar-refractivity contribution in [2.24, 2.45) is 0 Å². The van der Waals surface area contributed by atoms with Crippen molar-refractivity contribution >= 4 is 36.6 Å². The van der Waals surface area contributed by atoms with Crippen molar-refractivity contribution in [2.75, 3.05) is 24.7 Å². The van der Waals surface area contributed by atoms with Crippen molar-refractivity contribution in [1.82, 2.24) is 24.6 Å². The molecule has 1 saturated heterocycles. The third kappa shape index (κ3) is 6.52. The molecule has 3 heterocycles. The Morgan fingerprint density at radius 3 is 2.53 bits per heavy atom. The van der Waals surface area contributed by atoms with E-state index in [-0.39, 0.29) is 28.7 Å². The van der Waals surface area contributed by atoms with Gasteiger partial charge < -0.3 is 30.2 Å². The van der Waals surface area contributed by atoms with E-state index in [1.165, 1.54) is 38.2 Å². The summed E-state index contributed by atoms with van der Waals surface area (Å²) in [5.41, 5.74) is 0.881. The molecule has 0 saturated carbocycles. The van der Waals surface area contributed by atoms with Gasteiger partial charge in [-0.3, -0.25) is 13.9 Å². The second kappa shape index (κ2) is 12.2. The number of esters is 1. The van der Waals surface area contributed by atoms with Crippen LogP contribution in [0.4, 0.5) is 29.3 Å². The highest BCUT2D eigenvalue weighted by molar-refractivity contribution is 7.52. The van der Waals surface area contributed by atoms with Gasteiger partial charge in [0, 0.05) is 7.05 Å². The predicted octanol–water partition coefficient (Wildman–Crippen LogP) is 3.11. The summed E-state index contributed by atoms with van der Waals surface area (Å²) >= 11 is 0. The molecule has 5 N–H and O–H groups in total. The topological polar surface area (TPSA) is 185 Å². The third-order valence-electron chi connectivity index (χ3n) is 6.24. The lowest BCUT2D eigenvalue weighted by atomic mass is 9.95. The van der Waals surface area contributed by atoms with Crippen LogP contribution in [-0.4, -0.2) is 80.4 Å². The number of halogens is 4. The molecule has 0 radical (unpaired) electrons. The van der Waals surface area contributed by atoms with Crippen molar-refractivity contribution in [3.05, 3.63) is 36.7 Å². The number of aliphatic hydroxyl groups is 1. The van der Waals surface area contributed by atoms with Gasteiger partial charge in [0.25, 0.3) is 5.67 Å². The summed E-state index contributed by atoms with van der Waals surface area (Å²) in [6.07, 6.45) is -12.9. The number of alkyl halides is 4. The van der Waals surface area contributed by atoms with Gasteiger partial charge in [0.1, 0.15) is 24.0 Å².